The lowest BCUT2D eigenvalue weighted by Gasteiger charge is -2.31. The molecule has 0 bridgehead atoms. The molecule has 101 heavy (non-hydrogen) atoms. The molecular weight excluding hydrogens is 1340 g/mol. The number of aliphatic carboxylic acids is 1. The number of hydrogen-bond donors (Lipinski definition) is 2. The van der Waals surface area contributed by atoms with E-state index in [4.69, 9.17) is 18.9 Å². The Morgan fingerprint density at radius 1 is 0.475 bits per heavy atom. The molecule has 530 valence electrons. The Labute approximate surface area is 600 Å². The van der Waals surface area contributed by atoms with Crippen molar-refractivity contribution in [2.45, 2.75) is 166 Å². The molecule has 0 unspecified atom stereocenters. The molecule has 6 aromatic carbocycles. The summed E-state index contributed by atoms with van der Waals surface area (Å²) in [5, 5.41) is 19.5. The summed E-state index contributed by atoms with van der Waals surface area (Å²) in [5.74, 6) is 2.53. The van der Waals surface area contributed by atoms with Crippen molar-refractivity contribution in [3.63, 3.8) is 0 Å². The van der Waals surface area contributed by atoms with E-state index >= 15 is 0 Å². The van der Waals surface area contributed by atoms with Gasteiger partial charge in [-0.3, -0.25) is 28.8 Å². The molecule has 19 heteroatoms. The van der Waals surface area contributed by atoms with Crippen LogP contribution in [0.4, 0.5) is 0 Å². The highest BCUT2D eigenvalue weighted by molar-refractivity contribution is 9.08. The highest BCUT2D eigenvalue weighted by atomic mass is 79.9. The molecule has 3 aromatic heterocycles. The predicted octanol–water partition coefficient (Wildman–Crippen LogP) is 16.2. The van der Waals surface area contributed by atoms with Gasteiger partial charge < -0.3 is 42.9 Å². The van der Waals surface area contributed by atoms with E-state index in [0.717, 1.165) is 97.6 Å². The van der Waals surface area contributed by atoms with Crippen LogP contribution in [0.5, 0.6) is 17.2 Å². The van der Waals surface area contributed by atoms with Crippen molar-refractivity contribution in [2.75, 3.05) is 13.2 Å². The number of carbonyl (C=O) groups is 6. The van der Waals surface area contributed by atoms with Crippen LogP contribution < -0.4 is 9.47 Å². The molecule has 0 aliphatic heterocycles. The third-order valence-electron chi connectivity index (χ3n) is 19.3. The number of phenolic OH excluding ortho intramolecular Hbond substituents is 1. The molecule has 9 aromatic rings. The second-order valence-electron chi connectivity index (χ2n) is 28.0. The third-order valence-corrected chi connectivity index (χ3v) is 20.0. The number of ketones is 3. The van der Waals surface area contributed by atoms with Gasteiger partial charge in [0.2, 0.25) is 0 Å². The van der Waals surface area contributed by atoms with Gasteiger partial charge in [0.15, 0.2) is 17.3 Å². The smallest absolute Gasteiger partial charge is 0.306 e. The molecule has 0 saturated carbocycles. The van der Waals surface area contributed by atoms with Crippen LogP contribution in [0.1, 0.15) is 230 Å². The normalized spacial score (nSPS) is 15.4. The van der Waals surface area contributed by atoms with Crippen molar-refractivity contribution in [2.24, 2.45) is 21.1 Å². The SMILES string of the molecule is CC1(C)CCC(=O)c2cc(CBr)ccc21.CCOC(=O)C[C@@H](c1ccc(O)cc1)c1nccn1C.CCOC(=O)C[C@@H](c1ccc(OCc2ccc3c(c2)C(=O)CCC3(C)C)cc1)c1nccn1C.Cn1ccnc1[C@@H](CC(=O)O)c1ccc(OCc2ccc3c(c2)C(=O)CCC3(C)C)cc1. The summed E-state index contributed by atoms with van der Waals surface area (Å²) in [7, 11) is 5.67. The average molecular weight is 1430 g/mol. The van der Waals surface area contributed by atoms with Crippen LogP contribution in [0.15, 0.2) is 165 Å². The molecule has 3 aliphatic carbocycles. The van der Waals surface area contributed by atoms with E-state index in [2.05, 4.69) is 96.7 Å². The largest absolute Gasteiger partial charge is 0.508 e. The molecule has 0 amide bonds. The van der Waals surface area contributed by atoms with Crippen molar-refractivity contribution in [1.29, 1.82) is 0 Å². The van der Waals surface area contributed by atoms with Gasteiger partial charge in [-0.2, -0.15) is 0 Å². The number of imidazole rings is 3. The fraction of sp³-hybridized carbons (Fsp3) is 0.378. The number of hydrogen-bond acceptors (Lipinski definition) is 14. The molecule has 12 rings (SSSR count). The molecule has 3 heterocycles. The standard InChI is InChI=1S/C28H32N2O4.C26H28N2O4.C15H18N2O3.C13H15BrO/c1-5-33-26(32)17-22(27-29-14-15-30(27)4)20-7-9-21(10-8-20)34-18-19-6-11-24-23(16-19)25(31)12-13-28(24,2)3;1-26(2)11-10-23(29)21-14-17(4-9-22(21)26)16-32-19-7-5-18(6-8-19)20(15-24(30)31)25-27-12-13-28(25)3;1-3-20-14(19)10-13(15-16-8-9-17(15)2)11-4-6-12(18)7-5-11;1-13(2)6-5-12(15)10-7-9(8-14)3-4-11(10)13/h6-11,14-16,22H,5,12-13,17-18H2,1-4H3;4-9,12-14,20H,10-11,15-16H2,1-3H3,(H,30,31);4-9,13,18H,3,10H2,1-2H3;3-4,7H,5-6,8H2,1-2H3/t22-;20-;13-;/m000./s1. The maximum atomic E-state index is 12.5. The summed E-state index contributed by atoms with van der Waals surface area (Å²) in [6.45, 7) is 18.2. The molecule has 3 atom stereocenters. The number of alkyl halides is 1. The van der Waals surface area contributed by atoms with Crippen LogP contribution >= 0.6 is 15.9 Å². The van der Waals surface area contributed by atoms with Gasteiger partial charge in [0, 0.05) is 99.6 Å². The lowest BCUT2D eigenvalue weighted by Crippen LogP contribution is -2.27. The number of fused-ring (bicyclic) bond motifs is 3. The minimum atomic E-state index is -0.872. The molecule has 0 saturated heterocycles. The number of carboxylic acid groups (broad SMARTS) is 1. The number of ether oxygens (including phenoxy) is 4. The zero-order valence-electron chi connectivity index (χ0n) is 59.8. The summed E-state index contributed by atoms with van der Waals surface area (Å²) < 4.78 is 27.8. The zero-order chi connectivity index (χ0) is 72.8. The number of aromatic hydroxyl groups is 1. The van der Waals surface area contributed by atoms with Crippen molar-refractivity contribution in [1.82, 2.24) is 28.7 Å². The van der Waals surface area contributed by atoms with E-state index in [-0.39, 0.29) is 82.5 Å². The minimum absolute atomic E-state index is 0.0121. The first-order valence-electron chi connectivity index (χ1n) is 34.4. The fourth-order valence-corrected chi connectivity index (χ4v) is 13.7. The Bertz CT molecular complexity index is 4370. The number of esters is 2. The van der Waals surface area contributed by atoms with Crippen LogP contribution in [0.2, 0.25) is 0 Å². The van der Waals surface area contributed by atoms with E-state index < -0.39 is 5.97 Å². The van der Waals surface area contributed by atoms with Crippen LogP contribution in [0, 0.1) is 0 Å². The van der Waals surface area contributed by atoms with Crippen molar-refractivity contribution in [3.05, 3.63) is 249 Å². The highest BCUT2D eigenvalue weighted by Gasteiger charge is 2.35. The first kappa shape index (κ1) is 75.5. The predicted molar refractivity (Wildman–Crippen MR) is 391 cm³/mol. The van der Waals surface area contributed by atoms with Gasteiger partial charge in [-0.1, -0.05) is 130 Å². The van der Waals surface area contributed by atoms with Crippen LogP contribution in [-0.4, -0.2) is 87.3 Å². The minimum Gasteiger partial charge on any atom is -0.508 e. The second kappa shape index (κ2) is 33.6. The molecule has 0 radical (unpaired) electrons. The number of halogens is 1. The molecule has 3 aliphatic rings. The van der Waals surface area contributed by atoms with E-state index in [1.54, 1.807) is 56.7 Å². The first-order valence-corrected chi connectivity index (χ1v) is 35.6. The first-order chi connectivity index (χ1) is 48.2. The number of benzene rings is 6. The van der Waals surface area contributed by atoms with Gasteiger partial charge in [-0.05, 0) is 154 Å². The lowest BCUT2D eigenvalue weighted by atomic mass is 9.72. The van der Waals surface area contributed by atoms with Gasteiger partial charge in [0.1, 0.15) is 47.9 Å². The molecule has 0 spiro atoms. The van der Waals surface area contributed by atoms with E-state index in [1.165, 1.54) is 11.1 Å². The van der Waals surface area contributed by atoms with Gasteiger partial charge in [-0.15, -0.1) is 0 Å². The second-order valence-corrected chi connectivity index (χ2v) is 28.5. The lowest BCUT2D eigenvalue weighted by molar-refractivity contribution is -0.144. The Balaban J connectivity index is 0.000000164. The van der Waals surface area contributed by atoms with Crippen molar-refractivity contribution < 1.29 is 57.9 Å². The highest BCUT2D eigenvalue weighted by Crippen LogP contribution is 2.41. The summed E-state index contributed by atoms with van der Waals surface area (Å²) >= 11 is 3.42. The van der Waals surface area contributed by atoms with Crippen LogP contribution in [-0.2, 0) is 79.8 Å². The molecule has 2 N–H and O–H groups in total. The number of rotatable bonds is 21. The van der Waals surface area contributed by atoms with Crippen molar-refractivity contribution in [3.8, 4) is 17.2 Å². The number of Topliss-reactive ketones (excluding diaryl/α,β-unsaturated/α-hetero) is 3. The topological polar surface area (TPSA) is 233 Å². The number of carbonyl (C=O) groups excluding carboxylic acids is 5. The third kappa shape index (κ3) is 19.2. The maximum absolute atomic E-state index is 12.5. The maximum Gasteiger partial charge on any atom is 0.306 e. The van der Waals surface area contributed by atoms with Crippen LogP contribution in [0.25, 0.3) is 0 Å². The Morgan fingerprint density at radius 3 is 1.10 bits per heavy atom. The summed E-state index contributed by atoms with van der Waals surface area (Å²) in [4.78, 5) is 85.2. The number of aryl methyl sites for hydroxylation is 3. The molecule has 18 nitrogen and oxygen atoms in total. The Morgan fingerprint density at radius 2 is 0.792 bits per heavy atom. The van der Waals surface area contributed by atoms with E-state index in [9.17, 15) is 39.0 Å². The summed E-state index contributed by atoms with van der Waals surface area (Å²) in [5.41, 5.74) is 12.1. The van der Waals surface area contributed by atoms with Crippen molar-refractivity contribution >= 4 is 51.2 Å². The average Bonchev–Trinajstić information content (AvgIpc) is 1.72. The summed E-state index contributed by atoms with van der Waals surface area (Å²) in [6, 6.07) is 40.4. The van der Waals surface area contributed by atoms with Crippen LogP contribution in [0.3, 0.4) is 0 Å². The van der Waals surface area contributed by atoms with Gasteiger partial charge >= 0.3 is 17.9 Å². The fourth-order valence-electron chi connectivity index (χ4n) is 13.4. The quantitative estimate of drug-likeness (QED) is 0.0503. The molecule has 0 fully saturated rings. The van der Waals surface area contributed by atoms with Gasteiger partial charge in [-0.25, -0.2) is 15.0 Å². The number of nitrogens with zero attached hydrogens (tertiary/aromatic N) is 6. The zero-order valence-corrected chi connectivity index (χ0v) is 61.3. The number of aromatic nitrogens is 6. The Kier molecular flexibility index (Phi) is 25.1. The van der Waals surface area contributed by atoms with E-state index in [0.29, 0.717) is 63.0 Å². The number of phenols is 1. The molecular formula is C82H93BrN6O12. The Hall–Kier alpha value is -9.75. The summed E-state index contributed by atoms with van der Waals surface area (Å²) in [6.07, 6.45) is 15.6. The van der Waals surface area contributed by atoms with Gasteiger partial charge in [0.05, 0.1) is 50.2 Å². The van der Waals surface area contributed by atoms with Gasteiger partial charge in [0.25, 0.3) is 0 Å². The number of carboxylic acids is 1. The van der Waals surface area contributed by atoms with E-state index in [1.807, 2.05) is 132 Å². The monoisotopic (exact) mass is 1430 g/mol.